The second-order valence-electron chi connectivity index (χ2n) is 3.87. The minimum Gasteiger partial charge on any atom is -0.328 e. The normalized spacial score (nSPS) is 11.4. The summed E-state index contributed by atoms with van der Waals surface area (Å²) in [5.41, 5.74) is 4.47. The summed E-state index contributed by atoms with van der Waals surface area (Å²) in [6.07, 6.45) is 1.22. The van der Waals surface area contributed by atoms with Crippen LogP contribution in [0.2, 0.25) is 0 Å². The van der Waals surface area contributed by atoms with Crippen LogP contribution in [0.5, 0.6) is 0 Å². The standard InChI is InChI=1S/C9H13N3O3/c1-9(2,6-10)11-5-7(12(14)15)3-4-8(11)13/h3-5H,6,10H2,1-2H3. The van der Waals surface area contributed by atoms with Crippen LogP contribution in [-0.4, -0.2) is 16.0 Å². The van der Waals surface area contributed by atoms with E-state index in [0.717, 1.165) is 0 Å². The predicted molar refractivity (Wildman–Crippen MR) is 55.7 cm³/mol. The van der Waals surface area contributed by atoms with Gasteiger partial charge in [0.25, 0.3) is 11.2 Å². The molecule has 0 saturated heterocycles. The van der Waals surface area contributed by atoms with Crippen LogP contribution in [0.1, 0.15) is 13.8 Å². The van der Waals surface area contributed by atoms with Crippen LogP contribution in [0.4, 0.5) is 5.69 Å². The third-order valence-electron chi connectivity index (χ3n) is 2.26. The molecule has 0 aliphatic rings. The van der Waals surface area contributed by atoms with Gasteiger partial charge in [-0.05, 0) is 13.8 Å². The predicted octanol–water partition coefficient (Wildman–Crippen LogP) is 0.450. The fourth-order valence-electron chi connectivity index (χ4n) is 1.16. The van der Waals surface area contributed by atoms with Gasteiger partial charge in [-0.15, -0.1) is 0 Å². The number of nitrogens with zero attached hydrogens (tertiary/aromatic N) is 2. The van der Waals surface area contributed by atoms with E-state index in [0.29, 0.717) is 0 Å². The largest absolute Gasteiger partial charge is 0.328 e. The Morgan fingerprint density at radius 3 is 2.60 bits per heavy atom. The quantitative estimate of drug-likeness (QED) is 0.580. The van der Waals surface area contributed by atoms with E-state index in [2.05, 4.69) is 0 Å². The van der Waals surface area contributed by atoms with E-state index in [1.54, 1.807) is 13.8 Å². The molecule has 15 heavy (non-hydrogen) atoms. The summed E-state index contributed by atoms with van der Waals surface area (Å²) in [6.45, 7) is 3.73. The second kappa shape index (κ2) is 3.82. The van der Waals surface area contributed by atoms with Gasteiger partial charge in [-0.25, -0.2) is 0 Å². The summed E-state index contributed by atoms with van der Waals surface area (Å²) in [6, 6.07) is 2.36. The summed E-state index contributed by atoms with van der Waals surface area (Å²) in [5, 5.41) is 10.5. The lowest BCUT2D eigenvalue weighted by atomic mass is 10.1. The van der Waals surface area contributed by atoms with Crippen molar-refractivity contribution in [3.8, 4) is 0 Å². The summed E-state index contributed by atoms with van der Waals surface area (Å²) in [4.78, 5) is 21.5. The molecule has 0 spiro atoms. The van der Waals surface area contributed by atoms with Crippen molar-refractivity contribution in [2.75, 3.05) is 6.54 Å². The van der Waals surface area contributed by atoms with Gasteiger partial charge in [0.05, 0.1) is 16.7 Å². The highest BCUT2D eigenvalue weighted by molar-refractivity contribution is 5.25. The van der Waals surface area contributed by atoms with E-state index in [4.69, 9.17) is 5.73 Å². The van der Waals surface area contributed by atoms with E-state index in [-0.39, 0.29) is 17.8 Å². The first-order valence-corrected chi connectivity index (χ1v) is 4.46. The highest BCUT2D eigenvalue weighted by Gasteiger charge is 2.21. The number of aromatic nitrogens is 1. The maximum absolute atomic E-state index is 11.5. The first-order valence-electron chi connectivity index (χ1n) is 4.46. The molecule has 6 nitrogen and oxygen atoms in total. The fraction of sp³-hybridized carbons (Fsp3) is 0.444. The molecule has 0 saturated carbocycles. The molecular formula is C9H13N3O3. The number of rotatable bonds is 3. The zero-order valence-corrected chi connectivity index (χ0v) is 8.64. The number of hydrogen-bond acceptors (Lipinski definition) is 4. The van der Waals surface area contributed by atoms with Crippen LogP contribution < -0.4 is 11.3 Å². The van der Waals surface area contributed by atoms with Crippen LogP contribution >= 0.6 is 0 Å². The van der Waals surface area contributed by atoms with Gasteiger partial charge in [0.2, 0.25) is 0 Å². The Hall–Kier alpha value is -1.69. The lowest BCUT2D eigenvalue weighted by Crippen LogP contribution is -2.41. The van der Waals surface area contributed by atoms with Gasteiger partial charge in [0, 0.05) is 18.7 Å². The fourth-order valence-corrected chi connectivity index (χ4v) is 1.16. The van der Waals surface area contributed by atoms with E-state index < -0.39 is 10.5 Å². The molecule has 0 fully saturated rings. The van der Waals surface area contributed by atoms with Gasteiger partial charge < -0.3 is 10.3 Å². The molecule has 0 radical (unpaired) electrons. The van der Waals surface area contributed by atoms with Crippen LogP contribution in [0.15, 0.2) is 23.1 Å². The first kappa shape index (κ1) is 11.4. The van der Waals surface area contributed by atoms with Gasteiger partial charge in [0.1, 0.15) is 0 Å². The number of nitrogens with two attached hydrogens (primary N) is 1. The van der Waals surface area contributed by atoms with Gasteiger partial charge in [-0.2, -0.15) is 0 Å². The Bertz CT molecular complexity index is 436. The van der Waals surface area contributed by atoms with Crippen molar-refractivity contribution in [3.05, 3.63) is 38.8 Å². The van der Waals surface area contributed by atoms with Crippen LogP contribution in [0.25, 0.3) is 0 Å². The lowest BCUT2D eigenvalue weighted by Gasteiger charge is -2.25. The van der Waals surface area contributed by atoms with Crippen LogP contribution in [0, 0.1) is 10.1 Å². The molecular weight excluding hydrogens is 198 g/mol. The summed E-state index contributed by atoms with van der Waals surface area (Å²) in [5.74, 6) is 0. The smallest absolute Gasteiger partial charge is 0.285 e. The molecule has 6 heteroatoms. The van der Waals surface area contributed by atoms with E-state index in [9.17, 15) is 14.9 Å². The van der Waals surface area contributed by atoms with Gasteiger partial charge >= 0.3 is 0 Å². The molecule has 0 bridgehead atoms. The lowest BCUT2D eigenvalue weighted by molar-refractivity contribution is -0.385. The first-order chi connectivity index (χ1) is 6.88. The molecule has 82 valence electrons. The van der Waals surface area contributed by atoms with E-state index in [1.807, 2.05) is 0 Å². The Kier molecular flexibility index (Phi) is 2.90. The molecule has 0 atom stereocenters. The Balaban J connectivity index is 3.35. The van der Waals surface area contributed by atoms with Crippen molar-refractivity contribution in [3.63, 3.8) is 0 Å². The van der Waals surface area contributed by atoms with Crippen molar-refractivity contribution in [1.82, 2.24) is 4.57 Å². The molecule has 1 aromatic heterocycles. The number of hydrogen-bond donors (Lipinski definition) is 1. The van der Waals surface area contributed by atoms with E-state index in [1.165, 1.54) is 22.9 Å². The summed E-state index contributed by atoms with van der Waals surface area (Å²) < 4.78 is 1.28. The number of pyridine rings is 1. The van der Waals surface area contributed by atoms with Crippen LogP contribution in [0.3, 0.4) is 0 Å². The molecule has 0 unspecified atom stereocenters. The Labute approximate surface area is 86.5 Å². The number of nitro groups is 1. The van der Waals surface area contributed by atoms with Crippen molar-refractivity contribution >= 4 is 5.69 Å². The maximum atomic E-state index is 11.5. The average molecular weight is 211 g/mol. The molecule has 1 rings (SSSR count). The average Bonchev–Trinajstić information content (AvgIpc) is 2.17. The molecule has 1 aromatic rings. The highest BCUT2D eigenvalue weighted by atomic mass is 16.6. The topological polar surface area (TPSA) is 91.2 Å². The molecule has 0 aliphatic heterocycles. The van der Waals surface area contributed by atoms with E-state index >= 15 is 0 Å². The minimum absolute atomic E-state index is 0.115. The highest BCUT2D eigenvalue weighted by Crippen LogP contribution is 2.14. The maximum Gasteiger partial charge on any atom is 0.285 e. The molecule has 2 N–H and O–H groups in total. The Morgan fingerprint density at radius 2 is 2.13 bits per heavy atom. The third kappa shape index (κ3) is 2.21. The third-order valence-corrected chi connectivity index (χ3v) is 2.26. The molecule has 0 aliphatic carbocycles. The van der Waals surface area contributed by atoms with Crippen molar-refractivity contribution in [2.45, 2.75) is 19.4 Å². The van der Waals surface area contributed by atoms with Crippen molar-refractivity contribution in [2.24, 2.45) is 5.73 Å². The van der Waals surface area contributed by atoms with Crippen molar-refractivity contribution < 1.29 is 4.92 Å². The van der Waals surface area contributed by atoms with Gasteiger partial charge in [-0.3, -0.25) is 14.9 Å². The molecule has 1 heterocycles. The molecule has 0 amide bonds. The minimum atomic E-state index is -0.622. The monoisotopic (exact) mass is 211 g/mol. The molecule has 0 aromatic carbocycles. The summed E-state index contributed by atoms with van der Waals surface area (Å²) in [7, 11) is 0. The summed E-state index contributed by atoms with van der Waals surface area (Å²) >= 11 is 0. The van der Waals surface area contributed by atoms with Crippen molar-refractivity contribution in [1.29, 1.82) is 0 Å². The second-order valence-corrected chi connectivity index (χ2v) is 3.87. The van der Waals surface area contributed by atoms with Gasteiger partial charge in [-0.1, -0.05) is 0 Å². The zero-order chi connectivity index (χ0) is 11.6. The van der Waals surface area contributed by atoms with Gasteiger partial charge in [0.15, 0.2) is 0 Å². The van der Waals surface area contributed by atoms with Crippen LogP contribution in [-0.2, 0) is 5.54 Å². The Morgan fingerprint density at radius 1 is 1.53 bits per heavy atom. The zero-order valence-electron chi connectivity index (χ0n) is 8.64. The SMILES string of the molecule is CC(C)(CN)n1cc([N+](=O)[O-])ccc1=O.